The normalized spacial score (nSPS) is 22.1. The van der Waals surface area contributed by atoms with Gasteiger partial charge in [0.25, 0.3) is 5.56 Å². The average Bonchev–Trinajstić information content (AvgIpc) is 3.65. The molecule has 0 unspecified atom stereocenters. The molecule has 1 N–H and O–H groups in total. The number of halogens is 4. The van der Waals surface area contributed by atoms with Crippen LogP contribution >= 0.6 is 0 Å². The summed E-state index contributed by atoms with van der Waals surface area (Å²) in [6, 6.07) is 1.94. The molecule has 5 rings (SSSR count). The Labute approximate surface area is 203 Å². The molecule has 1 spiro atoms. The third-order valence-electron chi connectivity index (χ3n) is 6.94. The van der Waals surface area contributed by atoms with Gasteiger partial charge in [-0.25, -0.2) is 9.37 Å². The number of alkyl halides is 4. The molecule has 13 heteroatoms. The van der Waals surface area contributed by atoms with Crippen LogP contribution in [0.5, 0.6) is 5.88 Å². The van der Waals surface area contributed by atoms with Gasteiger partial charge >= 0.3 is 6.18 Å². The molecule has 194 valence electrons. The van der Waals surface area contributed by atoms with Crippen molar-refractivity contribution in [3.8, 4) is 5.88 Å². The van der Waals surface area contributed by atoms with Crippen LogP contribution in [0.4, 0.5) is 29.3 Å². The lowest BCUT2D eigenvalue weighted by molar-refractivity contribution is -0.152. The lowest BCUT2D eigenvalue weighted by atomic mass is 9.94. The summed E-state index contributed by atoms with van der Waals surface area (Å²) in [4.78, 5) is 34.7. The molecule has 2 fully saturated rings. The van der Waals surface area contributed by atoms with Gasteiger partial charge in [-0.1, -0.05) is 0 Å². The lowest BCUT2D eigenvalue weighted by Gasteiger charge is -2.39. The predicted molar refractivity (Wildman–Crippen MR) is 120 cm³/mol. The predicted octanol–water partition coefficient (Wildman–Crippen LogP) is 2.60. The zero-order valence-corrected chi connectivity index (χ0v) is 19.3. The van der Waals surface area contributed by atoms with E-state index in [0.717, 1.165) is 28.5 Å². The molecule has 0 amide bonds. The number of ether oxygens (including phenoxy) is 2. The summed E-state index contributed by atoms with van der Waals surface area (Å²) in [6.45, 7) is -0.675. The van der Waals surface area contributed by atoms with E-state index in [0.29, 0.717) is 13.2 Å². The van der Waals surface area contributed by atoms with Gasteiger partial charge in [-0.05, 0) is 25.3 Å². The largest absolute Gasteiger partial charge is 0.475 e. The maximum Gasteiger partial charge on any atom is 0.408 e. The maximum atomic E-state index is 14.0. The van der Waals surface area contributed by atoms with E-state index in [2.05, 4.69) is 15.3 Å². The molecule has 2 aromatic heterocycles. The maximum absolute atomic E-state index is 14.0. The highest BCUT2D eigenvalue weighted by Gasteiger charge is 2.57. The fourth-order valence-electron chi connectivity index (χ4n) is 4.64. The van der Waals surface area contributed by atoms with Crippen molar-refractivity contribution < 1.29 is 31.8 Å². The molecule has 2 aromatic rings. The van der Waals surface area contributed by atoms with Gasteiger partial charge in [0.1, 0.15) is 25.1 Å². The van der Waals surface area contributed by atoms with Crippen LogP contribution in [0.25, 0.3) is 0 Å². The topological polar surface area (TPSA) is 98.6 Å². The molecule has 2 atom stereocenters. The minimum absolute atomic E-state index is 0.0250. The summed E-state index contributed by atoms with van der Waals surface area (Å²) in [7, 11) is 0. The first kappa shape index (κ1) is 24.5. The summed E-state index contributed by atoms with van der Waals surface area (Å²) in [5, 5.41) is 3.02. The molecular formula is C23H25F4N5O4. The zero-order valence-electron chi connectivity index (χ0n) is 19.3. The number of hydrogen-bond donors (Lipinski definition) is 1. The molecule has 0 radical (unpaired) electrons. The number of hydrogen-bond acceptors (Lipinski definition) is 8. The number of pyridine rings is 1. The van der Waals surface area contributed by atoms with Crippen LogP contribution in [0, 0.1) is 5.41 Å². The molecule has 0 bridgehead atoms. The van der Waals surface area contributed by atoms with Crippen LogP contribution in [-0.2, 0) is 11.3 Å². The van der Waals surface area contributed by atoms with Gasteiger partial charge in [-0.3, -0.25) is 14.2 Å². The molecule has 3 aliphatic rings. The van der Waals surface area contributed by atoms with Crippen LogP contribution in [0.3, 0.4) is 0 Å². The summed E-state index contributed by atoms with van der Waals surface area (Å²) < 4.78 is 65.9. The number of nitrogens with one attached hydrogen (secondary N) is 1. The fourth-order valence-corrected chi connectivity index (χ4v) is 4.64. The lowest BCUT2D eigenvalue weighted by Crippen LogP contribution is -2.54. The van der Waals surface area contributed by atoms with Crippen molar-refractivity contribution in [3.63, 3.8) is 0 Å². The number of anilines is 2. The van der Waals surface area contributed by atoms with Gasteiger partial charge in [0.2, 0.25) is 11.8 Å². The summed E-state index contributed by atoms with van der Waals surface area (Å²) in [5.74, 6) is -0.645. The number of rotatable bonds is 9. The second-order valence-electron chi connectivity index (χ2n) is 9.29. The second kappa shape index (κ2) is 9.34. The fraction of sp³-hybridized carbons (Fsp3) is 0.565. The Hall–Kier alpha value is -3.22. The number of ketones is 1. The Morgan fingerprint density at radius 3 is 2.72 bits per heavy atom. The van der Waals surface area contributed by atoms with Gasteiger partial charge in [-0.15, -0.1) is 0 Å². The van der Waals surface area contributed by atoms with E-state index in [1.54, 1.807) is 0 Å². The van der Waals surface area contributed by atoms with Crippen LogP contribution in [0.15, 0.2) is 29.2 Å². The molecule has 2 aliphatic heterocycles. The van der Waals surface area contributed by atoms with Crippen molar-refractivity contribution >= 4 is 17.5 Å². The minimum atomic E-state index is -4.65. The van der Waals surface area contributed by atoms with Crippen LogP contribution in [0.2, 0.25) is 0 Å². The van der Waals surface area contributed by atoms with Crippen molar-refractivity contribution in [1.29, 1.82) is 0 Å². The quantitative estimate of drug-likeness (QED) is 0.405. The standard InChI is InChI=1S/C23H25F4N5O4/c24-6-8-35-19-2-1-14(10-29-19)15(33)12-32-16(23(25,26)27)3-7-31-20(34)9-18(30-21(31)32)28-11-17-22(4-5-22)13-36-17/h1-2,9-10,16-17,28H,3-8,11-13H2/t16-,17+/m0/s1. The van der Waals surface area contributed by atoms with Gasteiger partial charge in [-0.2, -0.15) is 18.2 Å². The minimum Gasteiger partial charge on any atom is -0.475 e. The highest BCUT2D eigenvalue weighted by atomic mass is 19.4. The van der Waals surface area contributed by atoms with Crippen molar-refractivity contribution in [2.24, 2.45) is 5.41 Å². The van der Waals surface area contributed by atoms with Crippen LogP contribution in [-0.4, -0.2) is 71.6 Å². The molecule has 1 saturated heterocycles. The van der Waals surface area contributed by atoms with E-state index < -0.39 is 43.2 Å². The molecular weight excluding hydrogens is 486 g/mol. The third kappa shape index (κ3) is 4.75. The Kier molecular flexibility index (Phi) is 6.35. The third-order valence-corrected chi connectivity index (χ3v) is 6.94. The number of aromatic nitrogens is 3. The number of nitrogens with zero attached hydrogens (tertiary/aromatic N) is 4. The Balaban J connectivity index is 1.38. The summed E-state index contributed by atoms with van der Waals surface area (Å²) >= 11 is 0. The van der Waals surface area contributed by atoms with Crippen molar-refractivity contribution in [3.05, 3.63) is 40.3 Å². The smallest absolute Gasteiger partial charge is 0.408 e. The van der Waals surface area contributed by atoms with Crippen molar-refractivity contribution in [1.82, 2.24) is 14.5 Å². The summed E-state index contributed by atoms with van der Waals surface area (Å²) in [5.41, 5.74) is -0.280. The van der Waals surface area contributed by atoms with E-state index in [9.17, 15) is 27.2 Å². The first-order chi connectivity index (χ1) is 17.2. The first-order valence-electron chi connectivity index (χ1n) is 11.7. The molecule has 9 nitrogen and oxygen atoms in total. The number of Topliss-reactive ketones (excluding diaryl/α,β-unsaturated/α-hetero) is 1. The SMILES string of the molecule is O=C(CN1c2nc(NC[C@H]3OCC34CC4)cc(=O)n2CC[C@H]1C(F)(F)F)c1ccc(OCCF)nc1. The molecule has 1 aliphatic carbocycles. The second-order valence-corrected chi connectivity index (χ2v) is 9.29. The molecule has 1 saturated carbocycles. The van der Waals surface area contributed by atoms with Gasteiger partial charge in [0.05, 0.1) is 19.3 Å². The molecule has 4 heterocycles. The van der Waals surface area contributed by atoms with Crippen LogP contribution < -0.4 is 20.5 Å². The van der Waals surface area contributed by atoms with E-state index in [1.807, 2.05) is 0 Å². The van der Waals surface area contributed by atoms with Crippen LogP contribution in [0.1, 0.15) is 29.6 Å². The molecule has 36 heavy (non-hydrogen) atoms. The molecule has 0 aromatic carbocycles. The van der Waals surface area contributed by atoms with Gasteiger partial charge < -0.3 is 19.7 Å². The highest BCUT2D eigenvalue weighted by Crippen LogP contribution is 2.56. The number of carbonyl (C=O) groups excluding carboxylic acids is 1. The number of fused-ring (bicyclic) bond motifs is 1. The first-order valence-corrected chi connectivity index (χ1v) is 11.7. The zero-order chi connectivity index (χ0) is 25.5. The number of carbonyl (C=O) groups is 1. The van der Waals surface area contributed by atoms with Gasteiger partial charge in [0.15, 0.2) is 5.78 Å². The van der Waals surface area contributed by atoms with Crippen molar-refractivity contribution in [2.75, 3.05) is 43.2 Å². The Bertz CT molecular complexity index is 1180. The van der Waals surface area contributed by atoms with E-state index >= 15 is 0 Å². The van der Waals surface area contributed by atoms with E-state index in [-0.39, 0.29) is 47.9 Å². The Morgan fingerprint density at radius 2 is 2.11 bits per heavy atom. The van der Waals surface area contributed by atoms with Gasteiger partial charge in [0, 0.05) is 42.4 Å². The monoisotopic (exact) mass is 511 g/mol. The van der Waals surface area contributed by atoms with E-state index in [4.69, 9.17) is 9.47 Å². The Morgan fingerprint density at radius 1 is 1.31 bits per heavy atom. The average molecular weight is 511 g/mol. The summed E-state index contributed by atoms with van der Waals surface area (Å²) in [6.07, 6.45) is -1.77. The van der Waals surface area contributed by atoms with E-state index in [1.165, 1.54) is 18.2 Å². The van der Waals surface area contributed by atoms with Crippen molar-refractivity contribution in [2.45, 2.75) is 44.1 Å². The highest BCUT2D eigenvalue weighted by molar-refractivity contribution is 5.99.